The first-order valence-electron chi connectivity index (χ1n) is 11.3. The molecule has 1 aliphatic heterocycles. The molecular formula is C25H31ClN4O4. The molecule has 1 aliphatic rings. The van der Waals surface area contributed by atoms with E-state index in [1.54, 1.807) is 20.3 Å². The summed E-state index contributed by atoms with van der Waals surface area (Å²) in [5.74, 6) is 0.406. The van der Waals surface area contributed by atoms with Crippen LogP contribution in [0.25, 0.3) is 0 Å². The van der Waals surface area contributed by atoms with Gasteiger partial charge in [-0.2, -0.15) is 5.10 Å². The molecule has 8 nitrogen and oxygen atoms in total. The fourth-order valence-electron chi connectivity index (χ4n) is 3.74. The number of ether oxygens (including phenoxy) is 2. The van der Waals surface area contributed by atoms with Crippen LogP contribution < -0.4 is 10.1 Å². The lowest BCUT2D eigenvalue weighted by atomic mass is 9.98. The van der Waals surface area contributed by atoms with Gasteiger partial charge < -0.3 is 19.7 Å². The summed E-state index contributed by atoms with van der Waals surface area (Å²) in [6.07, 6.45) is 1.29. The van der Waals surface area contributed by atoms with Gasteiger partial charge >= 0.3 is 6.03 Å². The van der Waals surface area contributed by atoms with E-state index in [1.165, 1.54) is 9.91 Å². The summed E-state index contributed by atoms with van der Waals surface area (Å²) in [4.78, 5) is 27.6. The van der Waals surface area contributed by atoms with Crippen LogP contribution in [0.15, 0.2) is 53.6 Å². The molecule has 182 valence electrons. The molecule has 1 N–H and O–H groups in total. The van der Waals surface area contributed by atoms with E-state index < -0.39 is 0 Å². The van der Waals surface area contributed by atoms with E-state index in [0.29, 0.717) is 30.3 Å². The SMILES string of the molecule is CCCNC(=O)N(CCOC)CC(=O)N1N=C(c2cccc(OC)c2)C[C@@H]1c1ccccc1Cl. The van der Waals surface area contributed by atoms with Crippen molar-refractivity contribution < 1.29 is 19.1 Å². The first-order valence-corrected chi connectivity index (χ1v) is 11.7. The zero-order valence-corrected chi connectivity index (χ0v) is 20.5. The van der Waals surface area contributed by atoms with Gasteiger partial charge in [0.1, 0.15) is 12.3 Å². The highest BCUT2D eigenvalue weighted by Crippen LogP contribution is 2.36. The Balaban J connectivity index is 1.90. The van der Waals surface area contributed by atoms with Crippen molar-refractivity contribution >= 4 is 29.3 Å². The Labute approximate surface area is 205 Å². The van der Waals surface area contributed by atoms with Crippen molar-refractivity contribution in [2.24, 2.45) is 5.10 Å². The Bertz CT molecular complexity index is 1030. The molecule has 3 amide bonds. The van der Waals surface area contributed by atoms with E-state index in [4.69, 9.17) is 21.1 Å². The Morgan fingerprint density at radius 1 is 1.21 bits per heavy atom. The monoisotopic (exact) mass is 486 g/mol. The number of nitrogens with zero attached hydrogens (tertiary/aromatic N) is 3. The lowest BCUT2D eigenvalue weighted by molar-refractivity contribution is -0.133. The molecule has 0 unspecified atom stereocenters. The number of benzene rings is 2. The van der Waals surface area contributed by atoms with Crippen LogP contribution in [-0.4, -0.2) is 68.0 Å². The molecule has 3 rings (SSSR count). The van der Waals surface area contributed by atoms with Crippen LogP contribution in [-0.2, 0) is 9.53 Å². The van der Waals surface area contributed by atoms with E-state index in [-0.39, 0.29) is 31.1 Å². The fraction of sp³-hybridized carbons (Fsp3) is 0.400. The van der Waals surface area contributed by atoms with Crippen molar-refractivity contribution in [3.63, 3.8) is 0 Å². The molecule has 0 fully saturated rings. The molecule has 0 spiro atoms. The maximum Gasteiger partial charge on any atom is 0.317 e. The minimum Gasteiger partial charge on any atom is -0.497 e. The third-order valence-corrected chi connectivity index (χ3v) is 5.88. The lowest BCUT2D eigenvalue weighted by Crippen LogP contribution is -2.47. The Hall–Kier alpha value is -3.10. The third kappa shape index (κ3) is 6.27. The molecule has 2 aromatic carbocycles. The number of hydrogen-bond donors (Lipinski definition) is 1. The molecule has 0 saturated heterocycles. The number of nitrogens with one attached hydrogen (secondary N) is 1. The second-order valence-corrected chi connectivity index (χ2v) is 8.31. The standard InChI is InChI=1S/C25H31ClN4O4/c1-4-12-27-25(32)29(13-14-33-2)17-24(31)30-23(20-10-5-6-11-21(20)26)16-22(28-30)18-8-7-9-19(15-18)34-3/h5-11,15,23H,4,12-14,16-17H2,1-3H3,(H,27,32)/t23-/m1/s1. The molecule has 1 heterocycles. The van der Waals surface area contributed by atoms with Gasteiger partial charge in [0, 0.05) is 37.2 Å². The van der Waals surface area contributed by atoms with Crippen LogP contribution in [0.2, 0.25) is 5.02 Å². The zero-order valence-electron chi connectivity index (χ0n) is 19.8. The summed E-state index contributed by atoms with van der Waals surface area (Å²) < 4.78 is 10.5. The molecule has 34 heavy (non-hydrogen) atoms. The molecule has 2 aromatic rings. The van der Waals surface area contributed by atoms with Crippen molar-refractivity contribution in [2.75, 3.05) is 40.5 Å². The number of carbonyl (C=O) groups excluding carboxylic acids is 2. The van der Waals surface area contributed by atoms with E-state index in [0.717, 1.165) is 23.3 Å². The molecule has 0 aromatic heterocycles. The number of hydrogen-bond acceptors (Lipinski definition) is 5. The topological polar surface area (TPSA) is 83.5 Å². The van der Waals surface area contributed by atoms with Crippen molar-refractivity contribution in [3.8, 4) is 5.75 Å². The van der Waals surface area contributed by atoms with Gasteiger partial charge in [-0.1, -0.05) is 48.9 Å². The maximum absolute atomic E-state index is 13.5. The number of rotatable bonds is 10. The van der Waals surface area contributed by atoms with Gasteiger partial charge in [-0.3, -0.25) is 4.79 Å². The number of hydrazone groups is 1. The molecule has 0 bridgehead atoms. The highest BCUT2D eigenvalue weighted by molar-refractivity contribution is 6.31. The van der Waals surface area contributed by atoms with Gasteiger partial charge in [-0.05, 0) is 30.2 Å². The summed E-state index contributed by atoms with van der Waals surface area (Å²) in [6, 6.07) is 14.3. The molecule has 0 aliphatic carbocycles. The van der Waals surface area contributed by atoms with Crippen molar-refractivity contribution in [1.29, 1.82) is 0 Å². The summed E-state index contributed by atoms with van der Waals surface area (Å²) in [6.45, 7) is 2.97. The Morgan fingerprint density at radius 2 is 2.00 bits per heavy atom. The highest BCUT2D eigenvalue weighted by Gasteiger charge is 2.35. The van der Waals surface area contributed by atoms with E-state index in [9.17, 15) is 9.59 Å². The summed E-state index contributed by atoms with van der Waals surface area (Å²) >= 11 is 6.50. The van der Waals surface area contributed by atoms with Gasteiger partial charge in [-0.25, -0.2) is 9.80 Å². The molecule has 9 heteroatoms. The number of urea groups is 1. The molecular weight excluding hydrogens is 456 g/mol. The fourth-order valence-corrected chi connectivity index (χ4v) is 4.00. The van der Waals surface area contributed by atoms with E-state index >= 15 is 0 Å². The van der Waals surface area contributed by atoms with Gasteiger partial charge in [0.2, 0.25) is 0 Å². The second-order valence-electron chi connectivity index (χ2n) is 7.90. The van der Waals surface area contributed by atoms with Crippen LogP contribution in [0.5, 0.6) is 5.75 Å². The van der Waals surface area contributed by atoms with Gasteiger partial charge in [0.25, 0.3) is 5.91 Å². The van der Waals surface area contributed by atoms with Gasteiger partial charge in [0.15, 0.2) is 0 Å². The summed E-state index contributed by atoms with van der Waals surface area (Å²) in [5.41, 5.74) is 2.41. The lowest BCUT2D eigenvalue weighted by Gasteiger charge is -2.27. The van der Waals surface area contributed by atoms with Crippen LogP contribution >= 0.6 is 11.6 Å². The Morgan fingerprint density at radius 3 is 2.71 bits per heavy atom. The number of halogens is 1. The van der Waals surface area contributed by atoms with Crippen LogP contribution in [0.3, 0.4) is 0 Å². The summed E-state index contributed by atoms with van der Waals surface area (Å²) in [5, 5.41) is 9.52. The third-order valence-electron chi connectivity index (χ3n) is 5.54. The smallest absolute Gasteiger partial charge is 0.317 e. The quantitative estimate of drug-likeness (QED) is 0.548. The first-order chi connectivity index (χ1) is 16.5. The predicted octanol–water partition coefficient (Wildman–Crippen LogP) is 4.09. The average molecular weight is 487 g/mol. The second kappa shape index (κ2) is 12.4. The number of methoxy groups -OCH3 is 2. The van der Waals surface area contributed by atoms with Crippen LogP contribution in [0.1, 0.15) is 36.9 Å². The molecule has 0 saturated carbocycles. The summed E-state index contributed by atoms with van der Waals surface area (Å²) in [7, 11) is 3.17. The largest absolute Gasteiger partial charge is 0.497 e. The highest BCUT2D eigenvalue weighted by atomic mass is 35.5. The van der Waals surface area contributed by atoms with E-state index in [2.05, 4.69) is 10.4 Å². The molecule has 0 radical (unpaired) electrons. The predicted molar refractivity (Wildman–Crippen MR) is 132 cm³/mol. The van der Waals surface area contributed by atoms with Gasteiger partial charge in [0.05, 0.1) is 25.5 Å². The maximum atomic E-state index is 13.5. The zero-order chi connectivity index (χ0) is 24.5. The van der Waals surface area contributed by atoms with Crippen molar-refractivity contribution in [2.45, 2.75) is 25.8 Å². The van der Waals surface area contributed by atoms with Crippen LogP contribution in [0.4, 0.5) is 4.79 Å². The van der Waals surface area contributed by atoms with Crippen LogP contribution in [0, 0.1) is 0 Å². The minimum atomic E-state index is -0.384. The van der Waals surface area contributed by atoms with E-state index in [1.807, 2.05) is 49.4 Å². The normalized spacial score (nSPS) is 15.1. The van der Waals surface area contributed by atoms with Crippen molar-refractivity contribution in [3.05, 3.63) is 64.7 Å². The number of carbonyl (C=O) groups is 2. The average Bonchev–Trinajstić information content (AvgIpc) is 3.30. The molecule has 1 atom stereocenters. The first kappa shape index (κ1) is 25.5. The van der Waals surface area contributed by atoms with Gasteiger partial charge in [-0.15, -0.1) is 0 Å². The Kier molecular flexibility index (Phi) is 9.30. The van der Waals surface area contributed by atoms with Crippen molar-refractivity contribution in [1.82, 2.24) is 15.2 Å². The number of amides is 3. The minimum absolute atomic E-state index is 0.130.